The molecular weight excluding hydrogens is 204 g/mol. The lowest BCUT2D eigenvalue weighted by Crippen LogP contribution is -2.36. The molecule has 4 nitrogen and oxygen atoms in total. The summed E-state index contributed by atoms with van der Waals surface area (Å²) >= 11 is 0. The van der Waals surface area contributed by atoms with Crippen LogP contribution in [0.25, 0.3) is 0 Å². The fraction of sp³-hybridized carbons (Fsp3) is 0.417. The Bertz CT molecular complexity index is 347. The van der Waals surface area contributed by atoms with Gasteiger partial charge in [0.05, 0.1) is 7.11 Å². The quantitative estimate of drug-likeness (QED) is 0.841. The second-order valence-corrected chi connectivity index (χ2v) is 3.83. The summed E-state index contributed by atoms with van der Waals surface area (Å²) in [5.41, 5.74) is 0.906. The fourth-order valence-electron chi connectivity index (χ4n) is 1.39. The number of rotatable bonds is 4. The number of nitrogens with zero attached hydrogens (tertiary/aromatic N) is 1. The van der Waals surface area contributed by atoms with Crippen molar-refractivity contribution in [3.8, 4) is 5.75 Å². The van der Waals surface area contributed by atoms with E-state index in [9.17, 15) is 4.79 Å². The molecular formula is C12H18N2O2. The molecule has 1 N–H and O–H groups in total. The summed E-state index contributed by atoms with van der Waals surface area (Å²) in [7, 11) is 5.11. The van der Waals surface area contributed by atoms with Gasteiger partial charge in [-0.15, -0.1) is 0 Å². The highest BCUT2D eigenvalue weighted by molar-refractivity contribution is 5.83. The molecule has 1 unspecified atom stereocenters. The zero-order valence-electron chi connectivity index (χ0n) is 10.2. The molecule has 1 rings (SSSR count). The van der Waals surface area contributed by atoms with Crippen LogP contribution in [-0.4, -0.2) is 38.1 Å². The van der Waals surface area contributed by atoms with Gasteiger partial charge in [0.15, 0.2) is 0 Å². The van der Waals surface area contributed by atoms with Gasteiger partial charge in [0.1, 0.15) is 11.8 Å². The van der Waals surface area contributed by atoms with Crippen molar-refractivity contribution in [3.63, 3.8) is 0 Å². The lowest BCUT2D eigenvalue weighted by Gasteiger charge is -2.19. The van der Waals surface area contributed by atoms with Crippen molar-refractivity contribution in [3.05, 3.63) is 24.3 Å². The van der Waals surface area contributed by atoms with Crippen LogP contribution in [-0.2, 0) is 4.79 Å². The molecule has 0 saturated heterocycles. The Kier molecular flexibility index (Phi) is 4.17. The zero-order valence-corrected chi connectivity index (χ0v) is 10.2. The van der Waals surface area contributed by atoms with Gasteiger partial charge in [-0.25, -0.2) is 0 Å². The molecule has 0 aliphatic heterocycles. The Hall–Kier alpha value is -1.71. The molecule has 88 valence electrons. The molecule has 0 aliphatic rings. The second-order valence-electron chi connectivity index (χ2n) is 3.83. The second kappa shape index (κ2) is 5.39. The van der Waals surface area contributed by atoms with Gasteiger partial charge < -0.3 is 15.0 Å². The van der Waals surface area contributed by atoms with E-state index in [1.807, 2.05) is 31.2 Å². The molecule has 16 heavy (non-hydrogen) atoms. The summed E-state index contributed by atoms with van der Waals surface area (Å²) in [6.07, 6.45) is 0. The number of carbonyl (C=O) groups is 1. The van der Waals surface area contributed by atoms with E-state index in [1.165, 1.54) is 0 Å². The van der Waals surface area contributed by atoms with Crippen molar-refractivity contribution in [2.75, 3.05) is 26.5 Å². The number of benzene rings is 1. The topological polar surface area (TPSA) is 41.6 Å². The molecule has 0 aliphatic carbocycles. The first-order valence-electron chi connectivity index (χ1n) is 5.16. The van der Waals surface area contributed by atoms with Crippen LogP contribution in [0.1, 0.15) is 6.92 Å². The van der Waals surface area contributed by atoms with Crippen LogP contribution in [0.2, 0.25) is 0 Å². The molecule has 0 spiro atoms. The average molecular weight is 222 g/mol. The predicted octanol–water partition coefficient (Wildman–Crippen LogP) is 1.58. The third-order valence-corrected chi connectivity index (χ3v) is 2.28. The number of amides is 1. The van der Waals surface area contributed by atoms with Crippen molar-refractivity contribution >= 4 is 11.6 Å². The smallest absolute Gasteiger partial charge is 0.244 e. The number of carbonyl (C=O) groups excluding carboxylic acids is 1. The summed E-state index contributed by atoms with van der Waals surface area (Å²) in [5, 5.41) is 3.13. The van der Waals surface area contributed by atoms with Crippen LogP contribution in [0.5, 0.6) is 5.75 Å². The van der Waals surface area contributed by atoms with Gasteiger partial charge in [0.25, 0.3) is 0 Å². The van der Waals surface area contributed by atoms with Crippen LogP contribution >= 0.6 is 0 Å². The highest BCUT2D eigenvalue weighted by Gasteiger charge is 2.13. The molecule has 0 saturated carbocycles. The van der Waals surface area contributed by atoms with Gasteiger partial charge in [-0.3, -0.25) is 4.79 Å². The van der Waals surface area contributed by atoms with E-state index in [0.29, 0.717) is 0 Å². The van der Waals surface area contributed by atoms with Crippen molar-refractivity contribution < 1.29 is 9.53 Å². The van der Waals surface area contributed by atoms with E-state index in [1.54, 1.807) is 26.1 Å². The van der Waals surface area contributed by atoms with E-state index >= 15 is 0 Å². The number of anilines is 1. The van der Waals surface area contributed by atoms with Gasteiger partial charge in [0, 0.05) is 19.8 Å². The van der Waals surface area contributed by atoms with Crippen molar-refractivity contribution in [2.45, 2.75) is 13.0 Å². The van der Waals surface area contributed by atoms with E-state index in [4.69, 9.17) is 4.74 Å². The molecule has 1 atom stereocenters. The Morgan fingerprint density at radius 2 is 1.88 bits per heavy atom. The number of nitrogens with one attached hydrogen (secondary N) is 1. The van der Waals surface area contributed by atoms with Crippen LogP contribution < -0.4 is 10.1 Å². The lowest BCUT2D eigenvalue weighted by atomic mass is 10.2. The normalized spacial score (nSPS) is 11.8. The Morgan fingerprint density at radius 3 is 2.31 bits per heavy atom. The highest BCUT2D eigenvalue weighted by Crippen LogP contribution is 2.15. The van der Waals surface area contributed by atoms with E-state index in [-0.39, 0.29) is 11.9 Å². The fourth-order valence-corrected chi connectivity index (χ4v) is 1.39. The van der Waals surface area contributed by atoms with Gasteiger partial charge in [-0.1, -0.05) is 0 Å². The molecule has 1 aromatic rings. The maximum atomic E-state index is 11.6. The van der Waals surface area contributed by atoms with E-state index < -0.39 is 0 Å². The van der Waals surface area contributed by atoms with E-state index in [2.05, 4.69) is 5.32 Å². The third kappa shape index (κ3) is 3.15. The molecule has 4 heteroatoms. The Morgan fingerprint density at radius 1 is 1.31 bits per heavy atom. The standard InChI is InChI=1S/C12H18N2O2/c1-9(12(15)14(2)3)13-10-5-7-11(16-4)8-6-10/h5-9,13H,1-4H3. The predicted molar refractivity (Wildman–Crippen MR) is 64.8 cm³/mol. The molecule has 0 radical (unpaired) electrons. The highest BCUT2D eigenvalue weighted by atomic mass is 16.5. The van der Waals surface area contributed by atoms with Gasteiger partial charge in [0.2, 0.25) is 5.91 Å². The first kappa shape index (κ1) is 12.4. The van der Waals surface area contributed by atoms with Crippen molar-refractivity contribution in [1.29, 1.82) is 0 Å². The monoisotopic (exact) mass is 222 g/mol. The third-order valence-electron chi connectivity index (χ3n) is 2.28. The SMILES string of the molecule is COc1ccc(NC(C)C(=O)N(C)C)cc1. The van der Waals surface area contributed by atoms with Crippen LogP contribution in [0.4, 0.5) is 5.69 Å². The van der Waals surface area contributed by atoms with Gasteiger partial charge in [-0.05, 0) is 31.2 Å². The summed E-state index contributed by atoms with van der Waals surface area (Å²) in [6, 6.07) is 7.25. The Labute approximate surface area is 96.2 Å². The minimum Gasteiger partial charge on any atom is -0.497 e. The first-order chi connectivity index (χ1) is 7.54. The van der Waals surface area contributed by atoms with Crippen molar-refractivity contribution in [2.24, 2.45) is 0 Å². The number of methoxy groups -OCH3 is 1. The summed E-state index contributed by atoms with van der Waals surface area (Å²) in [6.45, 7) is 1.84. The van der Waals surface area contributed by atoms with Gasteiger partial charge in [-0.2, -0.15) is 0 Å². The lowest BCUT2D eigenvalue weighted by molar-refractivity contribution is -0.129. The first-order valence-corrected chi connectivity index (χ1v) is 5.16. The van der Waals surface area contributed by atoms with Crippen LogP contribution in [0, 0.1) is 0 Å². The summed E-state index contributed by atoms with van der Waals surface area (Å²) in [5.74, 6) is 0.855. The Balaban J connectivity index is 2.62. The summed E-state index contributed by atoms with van der Waals surface area (Å²) in [4.78, 5) is 13.2. The maximum absolute atomic E-state index is 11.6. The van der Waals surface area contributed by atoms with E-state index in [0.717, 1.165) is 11.4 Å². The molecule has 0 heterocycles. The molecule has 1 amide bonds. The summed E-state index contributed by atoms with van der Waals surface area (Å²) < 4.78 is 5.06. The van der Waals surface area contributed by atoms with Gasteiger partial charge >= 0.3 is 0 Å². The van der Waals surface area contributed by atoms with Crippen molar-refractivity contribution in [1.82, 2.24) is 4.90 Å². The number of hydrogen-bond acceptors (Lipinski definition) is 3. The number of likely N-dealkylation sites (N-methyl/N-ethyl adjacent to an activating group) is 1. The minimum absolute atomic E-state index is 0.0517. The molecule has 0 bridgehead atoms. The molecule has 0 fully saturated rings. The molecule has 1 aromatic carbocycles. The average Bonchev–Trinajstić information content (AvgIpc) is 2.28. The molecule has 0 aromatic heterocycles. The largest absolute Gasteiger partial charge is 0.497 e. The van der Waals surface area contributed by atoms with Crippen LogP contribution in [0.3, 0.4) is 0 Å². The minimum atomic E-state index is -0.233. The maximum Gasteiger partial charge on any atom is 0.244 e. The zero-order chi connectivity index (χ0) is 12.1. The number of hydrogen-bond donors (Lipinski definition) is 1. The number of ether oxygens (including phenoxy) is 1. The van der Waals surface area contributed by atoms with Crippen LogP contribution in [0.15, 0.2) is 24.3 Å².